The summed E-state index contributed by atoms with van der Waals surface area (Å²) in [5.74, 6) is -0.172. The van der Waals surface area contributed by atoms with Crippen LogP contribution in [0, 0.1) is 6.92 Å². The minimum Gasteiger partial charge on any atom is -0.508 e. The lowest BCUT2D eigenvalue weighted by Gasteiger charge is -2.06. The predicted molar refractivity (Wildman–Crippen MR) is 65.0 cm³/mol. The van der Waals surface area contributed by atoms with E-state index in [1.54, 1.807) is 30.5 Å². The Balaban J connectivity index is 2.20. The van der Waals surface area contributed by atoms with Gasteiger partial charge >= 0.3 is 0 Å². The van der Waals surface area contributed by atoms with Crippen LogP contribution in [0.15, 0.2) is 42.6 Å². The molecule has 2 aromatic rings. The van der Waals surface area contributed by atoms with Crippen LogP contribution in [0.25, 0.3) is 0 Å². The van der Waals surface area contributed by atoms with Gasteiger partial charge in [0.05, 0.1) is 0 Å². The second-order valence-electron chi connectivity index (χ2n) is 3.67. The number of phenolic OH excluding ortho intramolecular Hbond substituents is 1. The van der Waals surface area contributed by atoms with Gasteiger partial charge in [0.25, 0.3) is 5.91 Å². The number of rotatable bonds is 2. The topological polar surface area (TPSA) is 62.2 Å². The van der Waals surface area contributed by atoms with Gasteiger partial charge in [-0.3, -0.25) is 9.78 Å². The molecule has 0 unspecified atom stereocenters. The molecule has 2 N–H and O–H groups in total. The number of phenols is 1. The first-order chi connectivity index (χ1) is 8.16. The van der Waals surface area contributed by atoms with Gasteiger partial charge in [0.1, 0.15) is 11.4 Å². The molecule has 0 fully saturated rings. The average Bonchev–Trinajstić information content (AvgIpc) is 2.29. The highest BCUT2D eigenvalue weighted by molar-refractivity contribution is 6.03. The summed E-state index contributed by atoms with van der Waals surface area (Å²) < 4.78 is 0. The third-order valence-electron chi connectivity index (χ3n) is 2.33. The summed E-state index contributed by atoms with van der Waals surface area (Å²) >= 11 is 0. The van der Waals surface area contributed by atoms with Crippen LogP contribution in [0.4, 0.5) is 5.69 Å². The molecule has 0 aliphatic rings. The van der Waals surface area contributed by atoms with Crippen molar-refractivity contribution in [1.82, 2.24) is 4.98 Å². The lowest BCUT2D eigenvalue weighted by molar-refractivity contribution is 0.102. The molecule has 0 saturated carbocycles. The third kappa shape index (κ3) is 2.60. The fourth-order valence-electron chi connectivity index (χ4n) is 1.50. The van der Waals surface area contributed by atoms with Crippen molar-refractivity contribution in [2.45, 2.75) is 6.92 Å². The first kappa shape index (κ1) is 11.1. The Kier molecular flexibility index (Phi) is 3.05. The van der Waals surface area contributed by atoms with Crippen molar-refractivity contribution in [3.63, 3.8) is 0 Å². The number of amides is 1. The summed E-state index contributed by atoms with van der Waals surface area (Å²) in [6, 6.07) is 9.99. The molecule has 2 rings (SSSR count). The molecular formula is C13H12N2O2. The first-order valence-corrected chi connectivity index (χ1v) is 5.19. The van der Waals surface area contributed by atoms with E-state index in [1.807, 2.05) is 13.0 Å². The van der Waals surface area contributed by atoms with Gasteiger partial charge in [-0.15, -0.1) is 0 Å². The average molecular weight is 228 g/mol. The van der Waals surface area contributed by atoms with Crippen LogP contribution in [0.5, 0.6) is 5.75 Å². The van der Waals surface area contributed by atoms with Crippen LogP contribution in [0.2, 0.25) is 0 Å². The predicted octanol–water partition coefficient (Wildman–Crippen LogP) is 2.35. The number of nitrogens with one attached hydrogen (secondary N) is 1. The highest BCUT2D eigenvalue weighted by Crippen LogP contribution is 2.16. The Morgan fingerprint density at radius 1 is 1.29 bits per heavy atom. The van der Waals surface area contributed by atoms with E-state index in [4.69, 9.17) is 0 Å². The van der Waals surface area contributed by atoms with Crippen molar-refractivity contribution in [3.05, 3.63) is 53.9 Å². The molecule has 4 heteroatoms. The number of nitrogens with zero attached hydrogens (tertiary/aromatic N) is 1. The Labute approximate surface area is 98.9 Å². The third-order valence-corrected chi connectivity index (χ3v) is 2.33. The van der Waals surface area contributed by atoms with Gasteiger partial charge in [-0.25, -0.2) is 0 Å². The summed E-state index contributed by atoms with van der Waals surface area (Å²) in [5, 5.41) is 12.0. The smallest absolute Gasteiger partial charge is 0.274 e. The number of pyridine rings is 1. The molecule has 0 saturated heterocycles. The van der Waals surface area contributed by atoms with Crippen molar-refractivity contribution in [1.29, 1.82) is 0 Å². The summed E-state index contributed by atoms with van der Waals surface area (Å²) in [6.45, 7) is 1.82. The van der Waals surface area contributed by atoms with Crippen molar-refractivity contribution in [2.75, 3.05) is 5.32 Å². The fraction of sp³-hybridized carbons (Fsp3) is 0.0769. The number of carbonyl (C=O) groups excluding carboxylic acids is 1. The van der Waals surface area contributed by atoms with Gasteiger partial charge < -0.3 is 10.4 Å². The lowest BCUT2D eigenvalue weighted by atomic mass is 10.2. The summed E-state index contributed by atoms with van der Waals surface area (Å²) in [5.41, 5.74) is 1.74. The maximum atomic E-state index is 11.9. The maximum Gasteiger partial charge on any atom is 0.274 e. The molecule has 0 aliphatic carbocycles. The number of benzene rings is 1. The quantitative estimate of drug-likeness (QED) is 0.829. The monoisotopic (exact) mass is 228 g/mol. The molecular weight excluding hydrogens is 216 g/mol. The standard InChI is InChI=1S/C13H12N2O2/c1-9-4-3-7-14-12(9)13(17)15-10-5-2-6-11(16)8-10/h2-8,16H,1H3,(H,15,17). The molecule has 1 heterocycles. The number of aromatic hydroxyl groups is 1. The molecule has 0 radical (unpaired) electrons. The van der Waals surface area contributed by atoms with Gasteiger partial charge in [0.2, 0.25) is 0 Å². The minimum atomic E-state index is -0.284. The van der Waals surface area contributed by atoms with E-state index in [1.165, 1.54) is 6.07 Å². The molecule has 17 heavy (non-hydrogen) atoms. The number of hydrogen-bond acceptors (Lipinski definition) is 3. The Morgan fingerprint density at radius 2 is 2.12 bits per heavy atom. The maximum absolute atomic E-state index is 11.9. The summed E-state index contributed by atoms with van der Waals surface area (Å²) in [7, 11) is 0. The minimum absolute atomic E-state index is 0.112. The first-order valence-electron chi connectivity index (χ1n) is 5.19. The zero-order valence-electron chi connectivity index (χ0n) is 9.34. The fourth-order valence-corrected chi connectivity index (χ4v) is 1.50. The summed E-state index contributed by atoms with van der Waals surface area (Å²) in [4.78, 5) is 15.9. The lowest BCUT2D eigenvalue weighted by Crippen LogP contribution is -2.14. The van der Waals surface area contributed by atoms with E-state index < -0.39 is 0 Å². The molecule has 86 valence electrons. The van der Waals surface area contributed by atoms with Crippen LogP contribution < -0.4 is 5.32 Å². The van der Waals surface area contributed by atoms with Crippen LogP contribution in [0.1, 0.15) is 16.1 Å². The van der Waals surface area contributed by atoms with E-state index in [2.05, 4.69) is 10.3 Å². The second kappa shape index (κ2) is 4.65. The van der Waals surface area contributed by atoms with Crippen molar-refractivity contribution in [2.24, 2.45) is 0 Å². The normalized spacial score (nSPS) is 9.94. The van der Waals surface area contributed by atoms with Crippen molar-refractivity contribution in [3.8, 4) is 5.75 Å². The molecule has 0 spiro atoms. The number of carbonyl (C=O) groups is 1. The summed E-state index contributed by atoms with van der Waals surface area (Å²) in [6.07, 6.45) is 1.57. The van der Waals surface area contributed by atoms with Crippen LogP contribution in [-0.4, -0.2) is 16.0 Å². The van der Waals surface area contributed by atoms with Gasteiger partial charge in [0, 0.05) is 18.0 Å². The van der Waals surface area contributed by atoms with E-state index >= 15 is 0 Å². The Morgan fingerprint density at radius 3 is 2.82 bits per heavy atom. The molecule has 4 nitrogen and oxygen atoms in total. The zero-order valence-corrected chi connectivity index (χ0v) is 9.34. The number of aromatic nitrogens is 1. The van der Waals surface area contributed by atoms with E-state index in [0.717, 1.165) is 5.56 Å². The molecule has 1 aromatic heterocycles. The molecule has 1 aromatic carbocycles. The zero-order chi connectivity index (χ0) is 12.3. The van der Waals surface area contributed by atoms with Crippen LogP contribution in [-0.2, 0) is 0 Å². The SMILES string of the molecule is Cc1cccnc1C(=O)Nc1cccc(O)c1. The van der Waals surface area contributed by atoms with E-state index in [-0.39, 0.29) is 11.7 Å². The molecule has 0 atom stereocenters. The second-order valence-corrected chi connectivity index (χ2v) is 3.67. The Hall–Kier alpha value is -2.36. The van der Waals surface area contributed by atoms with Crippen LogP contribution >= 0.6 is 0 Å². The van der Waals surface area contributed by atoms with Crippen molar-refractivity contribution < 1.29 is 9.90 Å². The van der Waals surface area contributed by atoms with Gasteiger partial charge in [-0.05, 0) is 30.7 Å². The molecule has 0 bridgehead atoms. The highest BCUT2D eigenvalue weighted by Gasteiger charge is 2.10. The van der Waals surface area contributed by atoms with Crippen LogP contribution in [0.3, 0.4) is 0 Å². The largest absolute Gasteiger partial charge is 0.508 e. The molecule has 0 aliphatic heterocycles. The number of anilines is 1. The number of hydrogen-bond donors (Lipinski definition) is 2. The van der Waals surface area contributed by atoms with E-state index in [0.29, 0.717) is 11.4 Å². The van der Waals surface area contributed by atoms with Gasteiger partial charge in [-0.1, -0.05) is 12.1 Å². The Bertz CT molecular complexity index is 553. The highest BCUT2D eigenvalue weighted by atomic mass is 16.3. The molecule has 1 amide bonds. The van der Waals surface area contributed by atoms with Gasteiger partial charge in [-0.2, -0.15) is 0 Å². The van der Waals surface area contributed by atoms with E-state index in [9.17, 15) is 9.90 Å². The van der Waals surface area contributed by atoms with Gasteiger partial charge in [0.15, 0.2) is 0 Å². The van der Waals surface area contributed by atoms with Crippen molar-refractivity contribution >= 4 is 11.6 Å². The number of aryl methyl sites for hydroxylation is 1.